The zero-order valence-electron chi connectivity index (χ0n) is 9.93. The summed E-state index contributed by atoms with van der Waals surface area (Å²) in [7, 11) is 1.95. The van der Waals surface area contributed by atoms with Gasteiger partial charge in [-0.3, -0.25) is 0 Å². The van der Waals surface area contributed by atoms with Gasteiger partial charge in [-0.1, -0.05) is 27.5 Å². The number of thiophene rings is 1. The van der Waals surface area contributed by atoms with Crippen LogP contribution in [0, 0.1) is 6.92 Å². The number of hydrogen-bond acceptors (Lipinski definition) is 2. The molecule has 0 amide bonds. The van der Waals surface area contributed by atoms with Gasteiger partial charge in [0.05, 0.1) is 9.83 Å². The smallest absolute Gasteiger partial charge is 0.0704 e. The predicted molar refractivity (Wildman–Crippen MR) is 86.8 cm³/mol. The Morgan fingerprint density at radius 2 is 1.94 bits per heavy atom. The molecule has 1 N–H and O–H groups in total. The monoisotopic (exact) mass is 407 g/mol. The van der Waals surface area contributed by atoms with E-state index in [2.05, 4.69) is 56.2 Å². The first-order valence-corrected chi connectivity index (χ1v) is 8.19. The second-order valence-corrected chi connectivity index (χ2v) is 7.91. The number of aryl methyl sites for hydroxylation is 1. The average molecular weight is 410 g/mol. The second kappa shape index (κ2) is 6.06. The summed E-state index contributed by atoms with van der Waals surface area (Å²) in [6.07, 6.45) is 0. The average Bonchev–Trinajstić information content (AvgIpc) is 2.64. The van der Waals surface area contributed by atoms with Gasteiger partial charge in [-0.2, -0.15) is 0 Å². The highest BCUT2D eigenvalue weighted by molar-refractivity contribution is 9.11. The van der Waals surface area contributed by atoms with Gasteiger partial charge in [-0.05, 0) is 65.3 Å². The highest BCUT2D eigenvalue weighted by Gasteiger charge is 2.19. The Labute approximate surface area is 133 Å². The van der Waals surface area contributed by atoms with Gasteiger partial charge in [0.25, 0.3) is 0 Å². The predicted octanol–water partition coefficient (Wildman–Crippen LogP) is 5.54. The molecule has 0 aliphatic rings. The first-order chi connectivity index (χ1) is 8.52. The SMILES string of the molecule is CNC(c1cc(Br)ccc1Cl)c1cc(Br)sc1C. The quantitative estimate of drug-likeness (QED) is 0.701. The fraction of sp³-hybridized carbons (Fsp3) is 0.231. The van der Waals surface area contributed by atoms with Gasteiger partial charge >= 0.3 is 0 Å². The standard InChI is InChI=1S/C13H12Br2ClNS/c1-7-9(6-12(15)18-7)13(17-2)10-5-8(14)3-4-11(10)16/h3-6,13,17H,1-2H3. The van der Waals surface area contributed by atoms with E-state index >= 15 is 0 Å². The van der Waals surface area contributed by atoms with Crippen LogP contribution in [0.25, 0.3) is 0 Å². The molecule has 1 aromatic carbocycles. The molecule has 0 radical (unpaired) electrons. The molecule has 0 saturated carbocycles. The molecular formula is C13H12Br2ClNS. The molecule has 0 bridgehead atoms. The van der Waals surface area contributed by atoms with Gasteiger partial charge < -0.3 is 5.32 Å². The van der Waals surface area contributed by atoms with Gasteiger partial charge in [-0.15, -0.1) is 11.3 Å². The molecule has 0 saturated heterocycles. The van der Waals surface area contributed by atoms with Gasteiger partial charge in [0.2, 0.25) is 0 Å². The lowest BCUT2D eigenvalue weighted by molar-refractivity contribution is 0.690. The van der Waals surface area contributed by atoms with Crippen molar-refractivity contribution in [1.82, 2.24) is 5.32 Å². The number of benzene rings is 1. The Hall–Kier alpha value is 0.130. The first kappa shape index (κ1) is 14.5. The Kier molecular flexibility index (Phi) is 4.89. The molecule has 1 heterocycles. The summed E-state index contributed by atoms with van der Waals surface area (Å²) < 4.78 is 2.18. The zero-order valence-corrected chi connectivity index (χ0v) is 14.7. The van der Waals surface area contributed by atoms with Crippen molar-refractivity contribution in [3.63, 3.8) is 0 Å². The van der Waals surface area contributed by atoms with E-state index in [1.54, 1.807) is 11.3 Å². The minimum absolute atomic E-state index is 0.109. The topological polar surface area (TPSA) is 12.0 Å². The number of rotatable bonds is 3. The van der Waals surface area contributed by atoms with E-state index in [1.165, 1.54) is 10.4 Å². The van der Waals surface area contributed by atoms with Crippen LogP contribution in [0.4, 0.5) is 0 Å². The molecule has 0 spiro atoms. The van der Waals surface area contributed by atoms with Crippen molar-refractivity contribution in [2.45, 2.75) is 13.0 Å². The number of nitrogens with one attached hydrogen (secondary N) is 1. The summed E-state index contributed by atoms with van der Waals surface area (Å²) in [6.45, 7) is 2.13. The number of halogens is 3. The fourth-order valence-corrected chi connectivity index (χ4v) is 4.31. The molecule has 0 aliphatic carbocycles. The van der Waals surface area contributed by atoms with Crippen molar-refractivity contribution in [2.24, 2.45) is 0 Å². The molecule has 2 rings (SSSR count). The van der Waals surface area contributed by atoms with Crippen molar-refractivity contribution in [3.8, 4) is 0 Å². The van der Waals surface area contributed by atoms with Crippen LogP contribution in [0.3, 0.4) is 0 Å². The van der Waals surface area contributed by atoms with Gasteiger partial charge in [0.15, 0.2) is 0 Å². The van der Waals surface area contributed by atoms with Crippen LogP contribution in [0.1, 0.15) is 22.0 Å². The van der Waals surface area contributed by atoms with Crippen LogP contribution in [-0.2, 0) is 0 Å². The van der Waals surface area contributed by atoms with Crippen LogP contribution >= 0.6 is 54.8 Å². The van der Waals surface area contributed by atoms with Crippen LogP contribution in [0.2, 0.25) is 5.02 Å². The maximum Gasteiger partial charge on any atom is 0.0704 e. The molecular weight excluding hydrogens is 397 g/mol. The third kappa shape index (κ3) is 2.99. The molecule has 1 aromatic heterocycles. The maximum absolute atomic E-state index is 6.31. The van der Waals surface area contributed by atoms with E-state index in [0.29, 0.717) is 0 Å². The largest absolute Gasteiger partial charge is 0.309 e. The second-order valence-electron chi connectivity index (χ2n) is 3.95. The normalized spacial score (nSPS) is 12.7. The van der Waals surface area contributed by atoms with Crippen LogP contribution in [0.15, 0.2) is 32.5 Å². The summed E-state index contributed by atoms with van der Waals surface area (Å²) >= 11 is 15.1. The molecule has 1 unspecified atom stereocenters. The molecule has 1 nitrogen and oxygen atoms in total. The van der Waals surface area contributed by atoms with E-state index in [9.17, 15) is 0 Å². The number of hydrogen-bond donors (Lipinski definition) is 1. The maximum atomic E-state index is 6.31. The molecule has 5 heteroatoms. The van der Waals surface area contributed by atoms with Crippen molar-refractivity contribution in [1.29, 1.82) is 0 Å². The molecule has 1 atom stereocenters. The Morgan fingerprint density at radius 1 is 1.22 bits per heavy atom. The van der Waals surface area contributed by atoms with Crippen molar-refractivity contribution >= 4 is 54.8 Å². The lowest BCUT2D eigenvalue weighted by atomic mass is 10.00. The van der Waals surface area contributed by atoms with E-state index in [0.717, 1.165) is 18.8 Å². The lowest BCUT2D eigenvalue weighted by Crippen LogP contribution is -2.18. The fourth-order valence-electron chi connectivity index (χ4n) is 1.96. The minimum Gasteiger partial charge on any atom is -0.309 e. The molecule has 0 aliphatic heterocycles. The van der Waals surface area contributed by atoms with E-state index in [4.69, 9.17) is 11.6 Å². The highest BCUT2D eigenvalue weighted by atomic mass is 79.9. The van der Waals surface area contributed by atoms with E-state index in [-0.39, 0.29) is 6.04 Å². The Bertz CT molecular complexity index is 568. The first-order valence-electron chi connectivity index (χ1n) is 5.41. The van der Waals surface area contributed by atoms with Gasteiger partial charge in [-0.25, -0.2) is 0 Å². The highest BCUT2D eigenvalue weighted by Crippen LogP contribution is 2.36. The van der Waals surface area contributed by atoms with Crippen molar-refractivity contribution in [3.05, 3.63) is 53.6 Å². The zero-order chi connectivity index (χ0) is 13.3. The Balaban J connectivity index is 2.51. The van der Waals surface area contributed by atoms with E-state index < -0.39 is 0 Å². The summed E-state index contributed by atoms with van der Waals surface area (Å²) in [6, 6.07) is 8.20. The molecule has 96 valence electrons. The summed E-state index contributed by atoms with van der Waals surface area (Å²) in [4.78, 5) is 1.29. The summed E-state index contributed by atoms with van der Waals surface area (Å²) in [5.41, 5.74) is 2.34. The lowest BCUT2D eigenvalue weighted by Gasteiger charge is -2.18. The molecule has 18 heavy (non-hydrogen) atoms. The van der Waals surface area contributed by atoms with Gasteiger partial charge in [0.1, 0.15) is 0 Å². The third-order valence-corrected chi connectivity index (χ3v) is 5.20. The molecule has 2 aromatic rings. The van der Waals surface area contributed by atoms with Crippen LogP contribution < -0.4 is 5.32 Å². The Morgan fingerprint density at radius 3 is 2.50 bits per heavy atom. The van der Waals surface area contributed by atoms with Crippen LogP contribution in [0.5, 0.6) is 0 Å². The van der Waals surface area contributed by atoms with Gasteiger partial charge in [0, 0.05) is 14.4 Å². The summed E-state index contributed by atoms with van der Waals surface area (Å²) in [5, 5.41) is 4.11. The van der Waals surface area contributed by atoms with Crippen molar-refractivity contribution in [2.75, 3.05) is 7.05 Å². The molecule has 0 fully saturated rings. The van der Waals surface area contributed by atoms with Crippen LogP contribution in [-0.4, -0.2) is 7.05 Å². The minimum atomic E-state index is 0.109. The third-order valence-electron chi connectivity index (χ3n) is 2.79. The van der Waals surface area contributed by atoms with E-state index in [1.807, 2.05) is 19.2 Å². The van der Waals surface area contributed by atoms with Crippen molar-refractivity contribution < 1.29 is 0 Å². The summed E-state index contributed by atoms with van der Waals surface area (Å²) in [5.74, 6) is 0.